The Morgan fingerprint density at radius 3 is 2.62 bits per heavy atom. The number of aliphatic carboxylic acids is 1. The molecule has 2 nitrogen and oxygen atoms in total. The van der Waals surface area contributed by atoms with Crippen LogP contribution in [-0.2, 0) is 4.79 Å². The first-order chi connectivity index (χ1) is 7.34. The highest BCUT2D eigenvalue weighted by atomic mass is 35.5. The molecule has 0 amide bonds. The van der Waals surface area contributed by atoms with Gasteiger partial charge in [0.15, 0.2) is 0 Å². The maximum absolute atomic E-state index is 10.9. The second kappa shape index (κ2) is 5.30. The minimum Gasteiger partial charge on any atom is -0.481 e. The van der Waals surface area contributed by atoms with Crippen LogP contribution >= 0.6 is 35.0 Å². The number of carboxylic acids is 1. The molecule has 1 N–H and O–H groups in total. The van der Waals surface area contributed by atoms with Gasteiger partial charge in [-0.2, -0.15) is 0 Å². The first kappa shape index (κ1) is 13.7. The highest BCUT2D eigenvalue weighted by molar-refractivity contribution is 7.99. The van der Waals surface area contributed by atoms with Gasteiger partial charge in [-0.25, -0.2) is 0 Å². The molecule has 16 heavy (non-hydrogen) atoms. The fourth-order valence-corrected chi connectivity index (χ4v) is 2.49. The smallest absolute Gasteiger partial charge is 0.309 e. The second-order valence-electron chi connectivity index (χ2n) is 4.03. The molecule has 88 valence electrons. The summed E-state index contributed by atoms with van der Waals surface area (Å²) in [5.41, 5.74) is -0.781. The summed E-state index contributed by atoms with van der Waals surface area (Å²) in [4.78, 5) is 11.7. The Bertz CT molecular complexity index is 405. The number of halogens is 2. The van der Waals surface area contributed by atoms with Crippen LogP contribution in [-0.4, -0.2) is 16.8 Å². The molecule has 0 saturated carbocycles. The Balaban J connectivity index is 2.76. The first-order valence-electron chi connectivity index (χ1n) is 4.65. The number of benzene rings is 1. The third-order valence-electron chi connectivity index (χ3n) is 2.08. The quantitative estimate of drug-likeness (QED) is 0.839. The molecular weight excluding hydrogens is 267 g/mol. The summed E-state index contributed by atoms with van der Waals surface area (Å²) < 4.78 is 0. The summed E-state index contributed by atoms with van der Waals surface area (Å²) in [6.07, 6.45) is 0. The molecule has 0 saturated heterocycles. The summed E-state index contributed by atoms with van der Waals surface area (Å²) in [6.45, 7) is 3.36. The fraction of sp³-hybridized carbons (Fsp3) is 0.364. The Kier molecular flexibility index (Phi) is 4.53. The molecule has 1 rings (SSSR count). The first-order valence-corrected chi connectivity index (χ1v) is 6.39. The monoisotopic (exact) mass is 278 g/mol. The summed E-state index contributed by atoms with van der Waals surface area (Å²) in [6, 6.07) is 5.33. The molecule has 0 heterocycles. The molecule has 0 aliphatic rings. The van der Waals surface area contributed by atoms with Crippen LogP contribution in [0.2, 0.25) is 10.0 Å². The lowest BCUT2D eigenvalue weighted by molar-refractivity contribution is -0.145. The maximum atomic E-state index is 10.9. The van der Waals surface area contributed by atoms with E-state index >= 15 is 0 Å². The molecule has 0 aliphatic heterocycles. The van der Waals surface area contributed by atoms with Gasteiger partial charge in [0, 0.05) is 10.6 Å². The standard InChI is InChI=1S/C11H12Cl2O2S/c1-11(2,10(14)15)6-16-8-5-3-4-7(12)9(8)13/h3-5H,6H2,1-2H3,(H,14,15). The summed E-state index contributed by atoms with van der Waals surface area (Å²) in [5.74, 6) is -0.374. The van der Waals surface area contributed by atoms with Gasteiger partial charge in [-0.1, -0.05) is 29.3 Å². The van der Waals surface area contributed by atoms with Crippen LogP contribution in [0.15, 0.2) is 23.1 Å². The van der Waals surface area contributed by atoms with Crippen molar-refractivity contribution in [3.8, 4) is 0 Å². The van der Waals surface area contributed by atoms with Crippen molar-refractivity contribution in [1.29, 1.82) is 0 Å². The van der Waals surface area contributed by atoms with Crippen LogP contribution in [0.4, 0.5) is 0 Å². The van der Waals surface area contributed by atoms with Gasteiger partial charge < -0.3 is 5.11 Å². The van der Waals surface area contributed by atoms with Gasteiger partial charge in [0.05, 0.1) is 15.5 Å². The van der Waals surface area contributed by atoms with E-state index in [0.717, 1.165) is 4.90 Å². The van der Waals surface area contributed by atoms with Crippen LogP contribution < -0.4 is 0 Å². The molecular formula is C11H12Cl2O2S. The van der Waals surface area contributed by atoms with E-state index in [9.17, 15) is 4.79 Å². The van der Waals surface area contributed by atoms with E-state index in [4.69, 9.17) is 28.3 Å². The van der Waals surface area contributed by atoms with E-state index < -0.39 is 11.4 Å². The third kappa shape index (κ3) is 3.30. The fourth-order valence-electron chi connectivity index (χ4n) is 0.915. The predicted octanol–water partition coefficient (Wildman–Crippen LogP) is 4.20. The summed E-state index contributed by atoms with van der Waals surface area (Å²) >= 11 is 13.3. The minimum absolute atomic E-state index is 0.447. The van der Waals surface area contributed by atoms with Crippen molar-refractivity contribution < 1.29 is 9.90 Å². The lowest BCUT2D eigenvalue weighted by atomic mass is 9.97. The molecule has 1 aromatic rings. The number of rotatable bonds is 4. The number of hydrogen-bond acceptors (Lipinski definition) is 2. The Labute approximate surface area is 109 Å². The second-order valence-corrected chi connectivity index (χ2v) is 5.83. The lowest BCUT2D eigenvalue weighted by Crippen LogP contribution is -2.26. The van der Waals surface area contributed by atoms with E-state index in [0.29, 0.717) is 15.8 Å². The number of thioether (sulfide) groups is 1. The van der Waals surface area contributed by atoms with E-state index in [-0.39, 0.29) is 0 Å². The number of hydrogen-bond donors (Lipinski definition) is 1. The number of carboxylic acid groups (broad SMARTS) is 1. The average molecular weight is 279 g/mol. The molecule has 0 radical (unpaired) electrons. The highest BCUT2D eigenvalue weighted by Crippen LogP contribution is 2.35. The average Bonchev–Trinajstić information content (AvgIpc) is 2.20. The van der Waals surface area contributed by atoms with E-state index in [1.807, 2.05) is 6.07 Å². The van der Waals surface area contributed by atoms with Crippen molar-refractivity contribution in [3.63, 3.8) is 0 Å². The third-order valence-corrected chi connectivity index (χ3v) is 4.53. The normalized spacial score (nSPS) is 11.5. The van der Waals surface area contributed by atoms with Crippen LogP contribution in [0.25, 0.3) is 0 Å². The Hall–Kier alpha value is -0.380. The lowest BCUT2D eigenvalue weighted by Gasteiger charge is -2.18. The minimum atomic E-state index is -0.821. The molecule has 0 atom stereocenters. The summed E-state index contributed by atoms with van der Waals surface area (Å²) in [7, 11) is 0. The van der Waals surface area contributed by atoms with E-state index in [1.54, 1.807) is 26.0 Å². The van der Waals surface area contributed by atoms with Crippen molar-refractivity contribution in [3.05, 3.63) is 28.2 Å². The van der Waals surface area contributed by atoms with Gasteiger partial charge in [0.1, 0.15) is 0 Å². The summed E-state index contributed by atoms with van der Waals surface area (Å²) in [5, 5.41) is 9.94. The van der Waals surface area contributed by atoms with Gasteiger partial charge in [-0.15, -0.1) is 11.8 Å². The largest absolute Gasteiger partial charge is 0.481 e. The molecule has 0 fully saturated rings. The Morgan fingerprint density at radius 2 is 2.06 bits per heavy atom. The van der Waals surface area contributed by atoms with Gasteiger partial charge in [0.25, 0.3) is 0 Å². The van der Waals surface area contributed by atoms with Gasteiger partial charge in [0.2, 0.25) is 0 Å². The molecule has 5 heteroatoms. The molecule has 1 aromatic carbocycles. The molecule has 0 aliphatic carbocycles. The maximum Gasteiger partial charge on any atom is 0.309 e. The Morgan fingerprint density at radius 1 is 1.44 bits per heavy atom. The molecule has 0 spiro atoms. The van der Waals surface area contributed by atoms with E-state index in [1.165, 1.54) is 11.8 Å². The van der Waals surface area contributed by atoms with Crippen LogP contribution in [0.3, 0.4) is 0 Å². The van der Waals surface area contributed by atoms with Crippen molar-refractivity contribution in [1.82, 2.24) is 0 Å². The highest BCUT2D eigenvalue weighted by Gasteiger charge is 2.27. The molecule has 0 aromatic heterocycles. The van der Waals surface area contributed by atoms with Gasteiger partial charge in [-0.3, -0.25) is 4.79 Å². The van der Waals surface area contributed by atoms with Crippen molar-refractivity contribution >= 4 is 40.9 Å². The predicted molar refractivity (Wildman–Crippen MR) is 68.6 cm³/mol. The zero-order chi connectivity index (χ0) is 12.3. The topological polar surface area (TPSA) is 37.3 Å². The molecule has 0 bridgehead atoms. The number of carbonyl (C=O) groups is 1. The molecule has 0 unspecified atom stereocenters. The van der Waals surface area contributed by atoms with Crippen molar-refractivity contribution in [2.75, 3.05) is 5.75 Å². The zero-order valence-electron chi connectivity index (χ0n) is 8.96. The van der Waals surface area contributed by atoms with Crippen LogP contribution in [0.5, 0.6) is 0 Å². The van der Waals surface area contributed by atoms with E-state index in [2.05, 4.69) is 0 Å². The van der Waals surface area contributed by atoms with Crippen LogP contribution in [0, 0.1) is 5.41 Å². The van der Waals surface area contributed by atoms with Gasteiger partial charge >= 0.3 is 5.97 Å². The zero-order valence-corrected chi connectivity index (χ0v) is 11.3. The van der Waals surface area contributed by atoms with Crippen molar-refractivity contribution in [2.45, 2.75) is 18.7 Å². The SMILES string of the molecule is CC(C)(CSc1cccc(Cl)c1Cl)C(=O)O. The van der Waals surface area contributed by atoms with Crippen LogP contribution in [0.1, 0.15) is 13.8 Å². The van der Waals surface area contributed by atoms with Gasteiger partial charge in [-0.05, 0) is 26.0 Å². The van der Waals surface area contributed by atoms with Crippen molar-refractivity contribution in [2.24, 2.45) is 5.41 Å².